The molecule has 1 aliphatic rings. The van der Waals surface area contributed by atoms with E-state index in [1.54, 1.807) is 6.92 Å². The zero-order chi connectivity index (χ0) is 16.2. The van der Waals surface area contributed by atoms with E-state index in [4.69, 9.17) is 0 Å². The zero-order valence-corrected chi connectivity index (χ0v) is 14.1. The summed E-state index contributed by atoms with van der Waals surface area (Å²) in [6.45, 7) is 4.86. The van der Waals surface area contributed by atoms with Gasteiger partial charge in [0.1, 0.15) is 0 Å². The van der Waals surface area contributed by atoms with E-state index < -0.39 is 10.0 Å². The maximum absolute atomic E-state index is 12.5. The minimum atomic E-state index is -3.25. The number of nitrogens with zero attached hydrogens (tertiary/aromatic N) is 2. The predicted molar refractivity (Wildman–Crippen MR) is 86.7 cm³/mol. The van der Waals surface area contributed by atoms with Gasteiger partial charge in [-0.25, -0.2) is 8.42 Å². The van der Waals surface area contributed by atoms with Crippen LogP contribution in [0, 0.1) is 0 Å². The van der Waals surface area contributed by atoms with Crippen molar-refractivity contribution in [2.24, 2.45) is 0 Å². The molecule has 0 aliphatic carbocycles. The van der Waals surface area contributed by atoms with Gasteiger partial charge in [0.05, 0.1) is 5.75 Å². The van der Waals surface area contributed by atoms with Gasteiger partial charge in [0.25, 0.3) is 0 Å². The van der Waals surface area contributed by atoms with Crippen molar-refractivity contribution in [2.45, 2.75) is 39.3 Å². The number of benzene rings is 1. The van der Waals surface area contributed by atoms with Crippen molar-refractivity contribution in [3.05, 3.63) is 35.9 Å². The van der Waals surface area contributed by atoms with Gasteiger partial charge in [0, 0.05) is 32.1 Å². The minimum absolute atomic E-state index is 0.0320. The quantitative estimate of drug-likeness (QED) is 0.830. The Balaban J connectivity index is 2.21. The molecule has 1 atom stereocenters. The van der Waals surface area contributed by atoms with Crippen LogP contribution in [-0.2, 0) is 21.4 Å². The molecule has 1 heterocycles. The Bertz CT molecular complexity index is 601. The Labute approximate surface area is 133 Å². The van der Waals surface area contributed by atoms with Crippen LogP contribution in [0.4, 0.5) is 0 Å². The highest BCUT2D eigenvalue weighted by molar-refractivity contribution is 7.89. The van der Waals surface area contributed by atoms with Gasteiger partial charge in [-0.3, -0.25) is 4.79 Å². The molecule has 0 aromatic heterocycles. The second kappa shape index (κ2) is 7.24. The molecule has 0 spiro atoms. The first-order chi connectivity index (χ1) is 10.5. The molecule has 1 amide bonds. The number of hydrogen-bond donors (Lipinski definition) is 0. The summed E-state index contributed by atoms with van der Waals surface area (Å²) in [7, 11) is -3.25. The Morgan fingerprint density at radius 2 is 1.86 bits per heavy atom. The van der Waals surface area contributed by atoms with Crippen molar-refractivity contribution in [1.29, 1.82) is 0 Å². The maximum atomic E-state index is 12.5. The summed E-state index contributed by atoms with van der Waals surface area (Å²) in [5.74, 6) is 0.112. The van der Waals surface area contributed by atoms with E-state index >= 15 is 0 Å². The summed E-state index contributed by atoms with van der Waals surface area (Å²) in [5.41, 5.74) is 1.07. The van der Waals surface area contributed by atoms with E-state index in [1.807, 2.05) is 42.2 Å². The largest absolute Gasteiger partial charge is 0.334 e. The molecule has 1 fully saturated rings. The van der Waals surface area contributed by atoms with Crippen molar-refractivity contribution >= 4 is 15.9 Å². The third-order valence-corrected chi connectivity index (χ3v) is 6.02. The van der Waals surface area contributed by atoms with Gasteiger partial charge < -0.3 is 4.90 Å². The molecular formula is C16H24N2O3S. The molecule has 0 saturated carbocycles. The molecule has 0 N–H and O–H groups in total. The SMILES string of the molecule is CC[C@H]1CN(S(=O)(=O)CC)CCC(=O)N1Cc1ccccc1. The highest BCUT2D eigenvalue weighted by atomic mass is 32.2. The smallest absolute Gasteiger partial charge is 0.224 e. The van der Waals surface area contributed by atoms with E-state index in [0.717, 1.165) is 12.0 Å². The number of carbonyl (C=O) groups is 1. The van der Waals surface area contributed by atoms with Crippen molar-refractivity contribution in [2.75, 3.05) is 18.8 Å². The molecule has 122 valence electrons. The zero-order valence-electron chi connectivity index (χ0n) is 13.2. The highest BCUT2D eigenvalue weighted by Gasteiger charge is 2.32. The van der Waals surface area contributed by atoms with Crippen LogP contribution in [0.25, 0.3) is 0 Å². The van der Waals surface area contributed by atoms with Crippen LogP contribution in [0.15, 0.2) is 30.3 Å². The molecule has 1 aromatic rings. The second-order valence-corrected chi connectivity index (χ2v) is 7.84. The van der Waals surface area contributed by atoms with Crippen molar-refractivity contribution < 1.29 is 13.2 Å². The molecule has 0 bridgehead atoms. The molecule has 1 aliphatic heterocycles. The molecule has 5 nitrogen and oxygen atoms in total. The second-order valence-electron chi connectivity index (χ2n) is 5.58. The lowest BCUT2D eigenvalue weighted by atomic mass is 10.1. The molecule has 22 heavy (non-hydrogen) atoms. The molecule has 2 rings (SSSR count). The highest BCUT2D eigenvalue weighted by Crippen LogP contribution is 2.19. The molecule has 0 unspecified atom stereocenters. The lowest BCUT2D eigenvalue weighted by molar-refractivity contribution is -0.133. The van der Waals surface area contributed by atoms with E-state index in [-0.39, 0.29) is 30.7 Å². The number of amides is 1. The fourth-order valence-corrected chi connectivity index (χ4v) is 3.91. The van der Waals surface area contributed by atoms with E-state index in [2.05, 4.69) is 0 Å². The van der Waals surface area contributed by atoms with Crippen LogP contribution in [0.5, 0.6) is 0 Å². The summed E-state index contributed by atoms with van der Waals surface area (Å²) in [5, 5.41) is 0. The van der Waals surface area contributed by atoms with Crippen molar-refractivity contribution in [1.82, 2.24) is 9.21 Å². The monoisotopic (exact) mass is 324 g/mol. The third-order valence-electron chi connectivity index (χ3n) is 4.18. The first-order valence-electron chi connectivity index (χ1n) is 7.79. The number of carbonyl (C=O) groups excluding carboxylic acids is 1. The molecule has 1 saturated heterocycles. The van der Waals surface area contributed by atoms with Gasteiger partial charge >= 0.3 is 0 Å². The molecule has 0 radical (unpaired) electrons. The summed E-state index contributed by atoms with van der Waals surface area (Å²) in [6, 6.07) is 9.76. The molecule has 1 aromatic carbocycles. The summed E-state index contributed by atoms with van der Waals surface area (Å²) >= 11 is 0. The van der Waals surface area contributed by atoms with Gasteiger partial charge in [-0.1, -0.05) is 37.3 Å². The lowest BCUT2D eigenvalue weighted by Gasteiger charge is -2.31. The van der Waals surface area contributed by atoms with Gasteiger partial charge in [-0.2, -0.15) is 4.31 Å². The van der Waals surface area contributed by atoms with Crippen LogP contribution in [0.2, 0.25) is 0 Å². The summed E-state index contributed by atoms with van der Waals surface area (Å²) in [4.78, 5) is 14.3. The van der Waals surface area contributed by atoms with Crippen LogP contribution in [0.1, 0.15) is 32.3 Å². The van der Waals surface area contributed by atoms with Crippen molar-refractivity contribution in [3.8, 4) is 0 Å². The van der Waals surface area contributed by atoms with Crippen LogP contribution < -0.4 is 0 Å². The summed E-state index contributed by atoms with van der Waals surface area (Å²) < 4.78 is 25.7. The van der Waals surface area contributed by atoms with Crippen LogP contribution in [-0.4, -0.2) is 48.4 Å². The topological polar surface area (TPSA) is 57.7 Å². The van der Waals surface area contributed by atoms with E-state index in [9.17, 15) is 13.2 Å². The Morgan fingerprint density at radius 3 is 2.45 bits per heavy atom. The Kier molecular flexibility index (Phi) is 5.58. The van der Waals surface area contributed by atoms with E-state index in [0.29, 0.717) is 13.1 Å². The van der Waals surface area contributed by atoms with Crippen LogP contribution in [0.3, 0.4) is 0 Å². The predicted octanol–water partition coefficient (Wildman–Crippen LogP) is 1.85. The average molecular weight is 324 g/mol. The van der Waals surface area contributed by atoms with Crippen LogP contribution >= 0.6 is 0 Å². The third kappa shape index (κ3) is 3.87. The van der Waals surface area contributed by atoms with Gasteiger partial charge in [-0.05, 0) is 18.9 Å². The average Bonchev–Trinajstić information content (AvgIpc) is 2.69. The van der Waals surface area contributed by atoms with Crippen molar-refractivity contribution in [3.63, 3.8) is 0 Å². The summed E-state index contributed by atoms with van der Waals surface area (Å²) in [6.07, 6.45) is 0.997. The van der Waals surface area contributed by atoms with Gasteiger partial charge in [0.2, 0.25) is 15.9 Å². The Hall–Kier alpha value is -1.40. The fourth-order valence-electron chi connectivity index (χ4n) is 2.77. The maximum Gasteiger partial charge on any atom is 0.224 e. The molecule has 6 heteroatoms. The number of hydrogen-bond acceptors (Lipinski definition) is 3. The number of rotatable bonds is 5. The van der Waals surface area contributed by atoms with Gasteiger partial charge in [-0.15, -0.1) is 0 Å². The normalized spacial score (nSPS) is 20.9. The molecular weight excluding hydrogens is 300 g/mol. The number of sulfonamides is 1. The fraction of sp³-hybridized carbons (Fsp3) is 0.562. The van der Waals surface area contributed by atoms with E-state index in [1.165, 1.54) is 4.31 Å². The first-order valence-corrected chi connectivity index (χ1v) is 9.40. The Morgan fingerprint density at radius 1 is 1.18 bits per heavy atom. The van der Waals surface area contributed by atoms with Gasteiger partial charge in [0.15, 0.2) is 0 Å². The lowest BCUT2D eigenvalue weighted by Crippen LogP contribution is -2.44. The standard InChI is InChI=1S/C16H24N2O3S/c1-3-15-13-17(22(20,21)4-2)11-10-16(19)18(15)12-14-8-6-5-7-9-14/h5-9,15H,3-4,10-13H2,1-2H3/t15-/m0/s1. The minimum Gasteiger partial charge on any atom is -0.334 e. The first kappa shape index (κ1) is 17.0.